The van der Waals surface area contributed by atoms with Gasteiger partial charge in [0, 0.05) is 32.7 Å². The van der Waals surface area contributed by atoms with Gasteiger partial charge >= 0.3 is 0 Å². The molecular weight excluding hydrogens is 348 g/mol. The van der Waals surface area contributed by atoms with Crippen molar-refractivity contribution in [1.82, 2.24) is 20.7 Å². The summed E-state index contributed by atoms with van der Waals surface area (Å²) in [5, 5.41) is 0. The molecule has 0 spiro atoms. The van der Waals surface area contributed by atoms with E-state index in [4.69, 9.17) is 0 Å². The van der Waals surface area contributed by atoms with Crippen molar-refractivity contribution in [3.05, 3.63) is 35.4 Å². The maximum atomic E-state index is 12.8. The van der Waals surface area contributed by atoms with Crippen molar-refractivity contribution in [2.45, 2.75) is 57.5 Å². The van der Waals surface area contributed by atoms with Gasteiger partial charge in [-0.15, -0.1) is 0 Å². The smallest absolute Gasteiger partial charge is 0.240 e. The molecule has 3 aliphatic rings. The molecule has 2 aliphatic heterocycles. The zero-order valence-electron chi connectivity index (χ0n) is 17.5. The quantitative estimate of drug-likeness (QED) is 0.758. The summed E-state index contributed by atoms with van der Waals surface area (Å²) in [5.74, 6) is 1.64. The van der Waals surface area contributed by atoms with E-state index in [1.807, 2.05) is 11.9 Å². The maximum Gasteiger partial charge on any atom is 0.240 e. The number of benzene rings is 1. The van der Waals surface area contributed by atoms with Crippen molar-refractivity contribution in [3.8, 4) is 0 Å². The number of rotatable bonds is 7. The molecule has 0 aromatic heterocycles. The van der Waals surface area contributed by atoms with Crippen molar-refractivity contribution in [3.63, 3.8) is 0 Å². The minimum Gasteiger partial charge on any atom is -0.344 e. The lowest BCUT2D eigenvalue weighted by Crippen LogP contribution is -2.47. The number of likely N-dealkylation sites (tertiary alicyclic amines) is 1. The molecule has 154 valence electrons. The highest BCUT2D eigenvalue weighted by Crippen LogP contribution is 2.35. The molecule has 5 heteroatoms. The summed E-state index contributed by atoms with van der Waals surface area (Å²) in [5.41, 5.74) is 9.45. The Hall–Kier alpha value is -1.43. The number of nitrogens with zero attached hydrogens (tertiary/aromatic N) is 2. The Bertz CT molecular complexity index is 674. The zero-order chi connectivity index (χ0) is 19.5. The molecule has 5 nitrogen and oxygen atoms in total. The predicted octanol–water partition coefficient (Wildman–Crippen LogP) is 2.35. The highest BCUT2D eigenvalue weighted by Gasteiger charge is 2.39. The van der Waals surface area contributed by atoms with E-state index in [2.05, 4.69) is 46.9 Å². The second kappa shape index (κ2) is 8.93. The van der Waals surface area contributed by atoms with Crippen LogP contribution in [-0.2, 0) is 11.2 Å². The van der Waals surface area contributed by atoms with Crippen LogP contribution < -0.4 is 10.9 Å². The monoisotopic (exact) mass is 384 g/mol. The average Bonchev–Trinajstić information content (AvgIpc) is 3.44. The molecule has 2 N–H and O–H groups in total. The van der Waals surface area contributed by atoms with Crippen LogP contribution in [0.4, 0.5) is 0 Å². The van der Waals surface area contributed by atoms with Crippen molar-refractivity contribution in [2.24, 2.45) is 11.8 Å². The summed E-state index contributed by atoms with van der Waals surface area (Å²) in [7, 11) is 1.99. The Morgan fingerprint density at radius 3 is 2.82 bits per heavy atom. The molecular formula is C23H36N4O. The van der Waals surface area contributed by atoms with Crippen LogP contribution in [0.15, 0.2) is 24.3 Å². The van der Waals surface area contributed by atoms with Crippen molar-refractivity contribution >= 4 is 5.91 Å². The molecule has 1 aromatic carbocycles. The van der Waals surface area contributed by atoms with E-state index in [9.17, 15) is 4.79 Å². The number of carbonyl (C=O) groups excluding carboxylic acids is 1. The van der Waals surface area contributed by atoms with Crippen LogP contribution in [-0.4, -0.2) is 61.0 Å². The Kier molecular flexibility index (Phi) is 6.34. The molecule has 2 saturated heterocycles. The predicted molar refractivity (Wildman–Crippen MR) is 113 cm³/mol. The molecule has 4 rings (SSSR count). The van der Waals surface area contributed by atoms with Gasteiger partial charge in [-0.05, 0) is 75.0 Å². The van der Waals surface area contributed by atoms with Gasteiger partial charge in [-0.2, -0.15) is 0 Å². The van der Waals surface area contributed by atoms with E-state index in [0.717, 1.165) is 38.4 Å². The summed E-state index contributed by atoms with van der Waals surface area (Å²) in [6.07, 6.45) is 7.18. The molecule has 0 radical (unpaired) electrons. The lowest BCUT2D eigenvalue weighted by molar-refractivity contribution is -0.132. The number of carbonyl (C=O) groups is 1. The number of hydrogen-bond acceptors (Lipinski definition) is 4. The Morgan fingerprint density at radius 2 is 2.04 bits per heavy atom. The normalized spacial score (nSPS) is 28.4. The summed E-state index contributed by atoms with van der Waals surface area (Å²) >= 11 is 0. The zero-order valence-corrected chi connectivity index (χ0v) is 17.5. The second-order valence-corrected chi connectivity index (χ2v) is 9.22. The maximum absolute atomic E-state index is 12.8. The SMILES string of the molecule is Cc1ccccc1CCN1CCCC(CN(C)C(=O)C2CC(C3CC3)NN2)C1. The van der Waals surface area contributed by atoms with Gasteiger partial charge in [0.05, 0.1) is 0 Å². The van der Waals surface area contributed by atoms with Crippen molar-refractivity contribution in [1.29, 1.82) is 0 Å². The fraction of sp³-hybridized carbons (Fsp3) is 0.696. The van der Waals surface area contributed by atoms with Gasteiger partial charge in [0.15, 0.2) is 0 Å². The molecule has 1 saturated carbocycles. The number of hydrazine groups is 1. The van der Waals surface area contributed by atoms with Gasteiger partial charge < -0.3 is 9.80 Å². The van der Waals surface area contributed by atoms with Crippen LogP contribution >= 0.6 is 0 Å². The van der Waals surface area contributed by atoms with Crippen LogP contribution in [0.3, 0.4) is 0 Å². The first kappa shape index (κ1) is 19.9. The first-order valence-corrected chi connectivity index (χ1v) is 11.1. The molecule has 3 atom stereocenters. The molecule has 1 aromatic rings. The number of likely N-dealkylation sites (N-methyl/N-ethyl adjacent to an activating group) is 1. The number of aryl methyl sites for hydroxylation is 1. The Balaban J connectivity index is 1.23. The second-order valence-electron chi connectivity index (χ2n) is 9.22. The summed E-state index contributed by atoms with van der Waals surface area (Å²) < 4.78 is 0. The summed E-state index contributed by atoms with van der Waals surface area (Å²) in [4.78, 5) is 17.4. The van der Waals surface area contributed by atoms with Crippen LogP contribution in [0.1, 0.15) is 43.2 Å². The summed E-state index contributed by atoms with van der Waals surface area (Å²) in [6.45, 7) is 6.51. The number of piperidine rings is 1. The van der Waals surface area contributed by atoms with Crippen molar-refractivity contribution < 1.29 is 4.79 Å². The van der Waals surface area contributed by atoms with E-state index < -0.39 is 0 Å². The van der Waals surface area contributed by atoms with E-state index in [0.29, 0.717) is 12.0 Å². The van der Waals surface area contributed by atoms with E-state index in [1.54, 1.807) is 0 Å². The minimum atomic E-state index is -0.0450. The molecule has 3 unspecified atom stereocenters. The van der Waals surface area contributed by atoms with Gasteiger partial charge in [0.2, 0.25) is 5.91 Å². The molecule has 3 fully saturated rings. The minimum absolute atomic E-state index is 0.0450. The molecule has 28 heavy (non-hydrogen) atoms. The Labute approximate surface area is 169 Å². The third-order valence-corrected chi connectivity index (χ3v) is 6.89. The molecule has 1 amide bonds. The third-order valence-electron chi connectivity index (χ3n) is 6.89. The van der Waals surface area contributed by atoms with Gasteiger partial charge in [-0.1, -0.05) is 24.3 Å². The van der Waals surface area contributed by atoms with E-state index in [-0.39, 0.29) is 11.9 Å². The van der Waals surface area contributed by atoms with Gasteiger partial charge in [0.1, 0.15) is 6.04 Å². The van der Waals surface area contributed by atoms with E-state index >= 15 is 0 Å². The Morgan fingerprint density at radius 1 is 1.21 bits per heavy atom. The van der Waals surface area contributed by atoms with Crippen LogP contribution in [0, 0.1) is 18.8 Å². The molecule has 2 heterocycles. The lowest BCUT2D eigenvalue weighted by atomic mass is 9.96. The largest absolute Gasteiger partial charge is 0.344 e. The summed E-state index contributed by atoms with van der Waals surface area (Å²) in [6, 6.07) is 9.16. The fourth-order valence-corrected chi connectivity index (χ4v) is 4.97. The topological polar surface area (TPSA) is 47.6 Å². The third kappa shape index (κ3) is 4.94. The van der Waals surface area contributed by atoms with Gasteiger partial charge in [0.25, 0.3) is 0 Å². The number of amides is 1. The first-order valence-electron chi connectivity index (χ1n) is 11.1. The number of nitrogens with one attached hydrogen (secondary N) is 2. The van der Waals surface area contributed by atoms with Crippen molar-refractivity contribution in [2.75, 3.05) is 33.2 Å². The van der Waals surface area contributed by atoms with Gasteiger partial charge in [-0.25, -0.2) is 5.43 Å². The highest BCUT2D eigenvalue weighted by molar-refractivity contribution is 5.82. The first-order chi connectivity index (χ1) is 13.6. The number of hydrogen-bond donors (Lipinski definition) is 2. The molecule has 1 aliphatic carbocycles. The van der Waals surface area contributed by atoms with E-state index in [1.165, 1.54) is 43.4 Å². The fourth-order valence-electron chi connectivity index (χ4n) is 4.97. The lowest BCUT2D eigenvalue weighted by Gasteiger charge is -2.35. The average molecular weight is 385 g/mol. The van der Waals surface area contributed by atoms with Crippen LogP contribution in [0.25, 0.3) is 0 Å². The molecule has 0 bridgehead atoms. The standard InChI is InChI=1S/C23H36N4O/c1-17-6-3-4-8-19(17)11-13-27-12-5-7-18(16-27)15-26(2)23(28)22-14-21(24-25-22)20-9-10-20/h3-4,6,8,18,20-22,24-25H,5,7,9-16H2,1-2H3. The highest BCUT2D eigenvalue weighted by atomic mass is 16.2. The van der Waals surface area contributed by atoms with Crippen LogP contribution in [0.2, 0.25) is 0 Å². The van der Waals surface area contributed by atoms with Crippen LogP contribution in [0.5, 0.6) is 0 Å². The van der Waals surface area contributed by atoms with Gasteiger partial charge in [-0.3, -0.25) is 10.2 Å².